The van der Waals surface area contributed by atoms with Gasteiger partial charge in [-0.25, -0.2) is 4.98 Å². The summed E-state index contributed by atoms with van der Waals surface area (Å²) in [5.74, 6) is 0.369. The summed E-state index contributed by atoms with van der Waals surface area (Å²) in [6.45, 7) is 1.59. The average molecular weight is 288 g/mol. The van der Waals surface area contributed by atoms with Gasteiger partial charge in [-0.05, 0) is 18.2 Å². The maximum Gasteiger partial charge on any atom is 0.257 e. The van der Waals surface area contributed by atoms with Crippen molar-refractivity contribution in [3.8, 4) is 11.5 Å². The number of phenols is 2. The van der Waals surface area contributed by atoms with E-state index < -0.39 is 0 Å². The van der Waals surface area contributed by atoms with Crippen LogP contribution in [0.5, 0.6) is 11.5 Å². The van der Waals surface area contributed by atoms with Crippen LogP contribution < -0.4 is 11.3 Å². The Morgan fingerprint density at radius 2 is 2.19 bits per heavy atom. The normalized spacial score (nSPS) is 14.9. The van der Waals surface area contributed by atoms with Crippen molar-refractivity contribution in [2.75, 3.05) is 12.3 Å². The zero-order valence-corrected chi connectivity index (χ0v) is 11.3. The lowest BCUT2D eigenvalue weighted by Crippen LogP contribution is -2.35. The van der Waals surface area contributed by atoms with Gasteiger partial charge in [0.15, 0.2) is 0 Å². The summed E-state index contributed by atoms with van der Waals surface area (Å²) in [6.07, 6.45) is 0.628. The molecule has 1 aromatic heterocycles. The number of fused-ring (bicyclic) bond motifs is 1. The number of hydrogen-bond acceptors (Lipinski definition) is 6. The quantitative estimate of drug-likeness (QED) is 0.592. The molecule has 21 heavy (non-hydrogen) atoms. The maximum atomic E-state index is 11.9. The van der Waals surface area contributed by atoms with Crippen LogP contribution in [0.3, 0.4) is 0 Å². The molecule has 5 N–H and O–H groups in total. The minimum Gasteiger partial charge on any atom is -0.508 e. The van der Waals surface area contributed by atoms with Gasteiger partial charge < -0.3 is 15.9 Å². The lowest BCUT2D eigenvalue weighted by Gasteiger charge is -2.27. The number of rotatable bonds is 2. The number of nitrogens with zero attached hydrogens (tertiary/aromatic N) is 2. The number of nitrogen functional groups attached to an aromatic ring is 1. The number of nitrogens with two attached hydrogens (primary N) is 1. The third-order valence-electron chi connectivity index (χ3n) is 3.62. The van der Waals surface area contributed by atoms with Crippen molar-refractivity contribution in [2.45, 2.75) is 19.5 Å². The zero-order valence-electron chi connectivity index (χ0n) is 11.3. The number of aromatic nitrogens is 2. The molecule has 110 valence electrons. The van der Waals surface area contributed by atoms with Gasteiger partial charge in [-0.2, -0.15) is 0 Å². The third-order valence-corrected chi connectivity index (χ3v) is 3.62. The van der Waals surface area contributed by atoms with Crippen LogP contribution in [0.25, 0.3) is 0 Å². The van der Waals surface area contributed by atoms with Crippen molar-refractivity contribution < 1.29 is 10.2 Å². The Balaban J connectivity index is 1.83. The van der Waals surface area contributed by atoms with E-state index in [9.17, 15) is 15.0 Å². The van der Waals surface area contributed by atoms with Crippen LogP contribution >= 0.6 is 0 Å². The first-order valence-corrected chi connectivity index (χ1v) is 6.63. The fourth-order valence-corrected chi connectivity index (χ4v) is 2.57. The first-order chi connectivity index (χ1) is 10.0. The Morgan fingerprint density at radius 3 is 3.00 bits per heavy atom. The standard InChI is InChI=1S/C14H16N4O3/c15-14-16-11-3-4-18(7-10(11)13(21)17-14)6-8-5-9(19)1-2-12(8)20/h1-2,5,19-20H,3-4,6-7H2,(H3,15,16,17,21). The first kappa shape index (κ1) is 13.4. The highest BCUT2D eigenvalue weighted by Gasteiger charge is 2.21. The Morgan fingerprint density at radius 1 is 1.38 bits per heavy atom. The van der Waals surface area contributed by atoms with E-state index in [1.165, 1.54) is 18.2 Å². The second-order valence-corrected chi connectivity index (χ2v) is 5.15. The van der Waals surface area contributed by atoms with Crippen molar-refractivity contribution in [1.29, 1.82) is 0 Å². The van der Waals surface area contributed by atoms with Gasteiger partial charge in [-0.3, -0.25) is 14.7 Å². The molecule has 7 nitrogen and oxygen atoms in total. The number of hydrogen-bond donors (Lipinski definition) is 4. The number of benzene rings is 1. The molecule has 0 bridgehead atoms. The molecule has 0 saturated carbocycles. The molecule has 3 rings (SSSR count). The third kappa shape index (κ3) is 2.68. The van der Waals surface area contributed by atoms with Gasteiger partial charge >= 0.3 is 0 Å². The van der Waals surface area contributed by atoms with Gasteiger partial charge in [0.25, 0.3) is 5.56 Å². The van der Waals surface area contributed by atoms with Crippen LogP contribution in [0.4, 0.5) is 5.95 Å². The van der Waals surface area contributed by atoms with Crippen LogP contribution in [0.15, 0.2) is 23.0 Å². The summed E-state index contributed by atoms with van der Waals surface area (Å²) >= 11 is 0. The fraction of sp³-hybridized carbons (Fsp3) is 0.286. The molecule has 0 fully saturated rings. The second-order valence-electron chi connectivity index (χ2n) is 5.15. The van der Waals surface area contributed by atoms with E-state index in [0.29, 0.717) is 37.2 Å². The minimum absolute atomic E-state index is 0.104. The minimum atomic E-state index is -0.220. The van der Waals surface area contributed by atoms with Crippen LogP contribution in [-0.2, 0) is 19.5 Å². The molecular weight excluding hydrogens is 272 g/mol. The molecule has 0 saturated heterocycles. The summed E-state index contributed by atoms with van der Waals surface area (Å²) in [5, 5.41) is 19.3. The molecule has 0 spiro atoms. The smallest absolute Gasteiger partial charge is 0.257 e. The topological polar surface area (TPSA) is 115 Å². The largest absolute Gasteiger partial charge is 0.508 e. The van der Waals surface area contributed by atoms with Gasteiger partial charge in [0, 0.05) is 31.6 Å². The first-order valence-electron chi connectivity index (χ1n) is 6.63. The van der Waals surface area contributed by atoms with E-state index in [2.05, 4.69) is 9.97 Å². The van der Waals surface area contributed by atoms with Crippen LogP contribution in [-0.4, -0.2) is 31.6 Å². The van der Waals surface area contributed by atoms with E-state index in [0.717, 1.165) is 5.69 Å². The zero-order chi connectivity index (χ0) is 15.0. The molecule has 0 amide bonds. The molecule has 1 aromatic carbocycles. The number of H-pyrrole nitrogens is 1. The molecule has 2 aromatic rings. The molecule has 1 aliphatic heterocycles. The lowest BCUT2D eigenvalue weighted by atomic mass is 10.1. The second kappa shape index (κ2) is 5.10. The number of anilines is 1. The summed E-state index contributed by atoms with van der Waals surface area (Å²) in [4.78, 5) is 20.6. The molecule has 1 aliphatic rings. The van der Waals surface area contributed by atoms with Crippen LogP contribution in [0, 0.1) is 0 Å². The Hall–Kier alpha value is -2.54. The van der Waals surface area contributed by atoms with Gasteiger partial charge in [-0.1, -0.05) is 0 Å². The molecule has 2 heterocycles. The highest BCUT2D eigenvalue weighted by Crippen LogP contribution is 2.25. The van der Waals surface area contributed by atoms with Crippen molar-refractivity contribution >= 4 is 5.95 Å². The predicted octanol–water partition coefficient (Wildman–Crippen LogP) is 0.322. The highest BCUT2D eigenvalue weighted by molar-refractivity contribution is 5.38. The van der Waals surface area contributed by atoms with Crippen molar-refractivity contribution in [3.63, 3.8) is 0 Å². The molecular formula is C14H16N4O3. The highest BCUT2D eigenvalue weighted by atomic mass is 16.3. The predicted molar refractivity (Wildman–Crippen MR) is 76.9 cm³/mol. The number of phenolic OH excluding ortho intramolecular Hbond substituents is 2. The molecule has 7 heteroatoms. The number of nitrogens with one attached hydrogen (secondary N) is 1. The maximum absolute atomic E-state index is 11.9. The van der Waals surface area contributed by atoms with Crippen molar-refractivity contribution in [3.05, 3.63) is 45.4 Å². The Kier molecular flexibility index (Phi) is 3.26. The van der Waals surface area contributed by atoms with Crippen molar-refractivity contribution in [1.82, 2.24) is 14.9 Å². The van der Waals surface area contributed by atoms with E-state index >= 15 is 0 Å². The fourth-order valence-electron chi connectivity index (χ4n) is 2.57. The molecule has 0 atom stereocenters. The summed E-state index contributed by atoms with van der Waals surface area (Å²) in [7, 11) is 0. The van der Waals surface area contributed by atoms with Gasteiger partial charge in [0.05, 0.1) is 11.3 Å². The van der Waals surface area contributed by atoms with E-state index in [1.807, 2.05) is 4.90 Å². The van der Waals surface area contributed by atoms with E-state index in [-0.39, 0.29) is 23.0 Å². The lowest BCUT2D eigenvalue weighted by molar-refractivity contribution is 0.238. The Labute approximate surface area is 120 Å². The van der Waals surface area contributed by atoms with Gasteiger partial charge in [0.1, 0.15) is 11.5 Å². The number of aromatic amines is 1. The number of aromatic hydroxyl groups is 2. The monoisotopic (exact) mass is 288 g/mol. The summed E-state index contributed by atoms with van der Waals surface area (Å²) in [6, 6.07) is 4.41. The van der Waals surface area contributed by atoms with Crippen molar-refractivity contribution in [2.24, 2.45) is 0 Å². The SMILES string of the molecule is Nc1nc2c(c(=O)[nH]1)CN(Cc1cc(O)ccc1O)CC2. The molecule has 0 radical (unpaired) electrons. The van der Waals surface area contributed by atoms with Gasteiger partial charge in [0.2, 0.25) is 5.95 Å². The summed E-state index contributed by atoms with van der Waals surface area (Å²) in [5.41, 5.74) is 7.28. The average Bonchev–Trinajstić information content (AvgIpc) is 2.43. The van der Waals surface area contributed by atoms with Crippen LogP contribution in [0.2, 0.25) is 0 Å². The molecule has 0 aliphatic carbocycles. The molecule has 0 unspecified atom stereocenters. The Bertz CT molecular complexity index is 741. The summed E-state index contributed by atoms with van der Waals surface area (Å²) < 4.78 is 0. The van der Waals surface area contributed by atoms with E-state index in [1.54, 1.807) is 0 Å². The van der Waals surface area contributed by atoms with E-state index in [4.69, 9.17) is 5.73 Å². The van der Waals surface area contributed by atoms with Crippen LogP contribution in [0.1, 0.15) is 16.8 Å². The van der Waals surface area contributed by atoms with Gasteiger partial charge in [-0.15, -0.1) is 0 Å².